The summed E-state index contributed by atoms with van der Waals surface area (Å²) in [6.07, 6.45) is -0.518. The molecular formula is C17H20O3. The van der Waals surface area contributed by atoms with E-state index < -0.39 is 6.10 Å². The highest BCUT2D eigenvalue weighted by Crippen LogP contribution is 2.30. The smallest absolute Gasteiger partial charge is 0.161 e. The maximum absolute atomic E-state index is 9.57. The maximum atomic E-state index is 9.57. The lowest BCUT2D eigenvalue weighted by atomic mass is 10.1. The molecule has 0 spiro atoms. The first-order chi connectivity index (χ1) is 9.60. The van der Waals surface area contributed by atoms with Crippen LogP contribution in [0.5, 0.6) is 11.5 Å². The molecule has 3 nitrogen and oxygen atoms in total. The van der Waals surface area contributed by atoms with Gasteiger partial charge in [-0.05, 0) is 37.1 Å². The second-order valence-electron chi connectivity index (χ2n) is 4.86. The van der Waals surface area contributed by atoms with Crippen LogP contribution in [0.1, 0.15) is 29.7 Å². The third-order valence-corrected chi connectivity index (χ3v) is 3.19. The molecule has 1 atom stereocenters. The van der Waals surface area contributed by atoms with Crippen LogP contribution < -0.4 is 9.47 Å². The largest absolute Gasteiger partial charge is 0.493 e. The van der Waals surface area contributed by atoms with Crippen LogP contribution in [0.15, 0.2) is 42.5 Å². The standard InChI is InChI=1S/C17H20O3/c1-12-4-6-14(7-5-12)11-20-16-9-8-15(13(2)18)10-17(16)19-3/h4-10,13,18H,11H2,1-3H3. The van der Waals surface area contributed by atoms with Crippen LogP contribution in [0.2, 0.25) is 0 Å². The van der Waals surface area contributed by atoms with Crippen molar-refractivity contribution in [2.45, 2.75) is 26.6 Å². The third kappa shape index (κ3) is 3.52. The average molecular weight is 272 g/mol. The Morgan fingerprint density at radius 2 is 1.75 bits per heavy atom. The van der Waals surface area contributed by atoms with Crippen molar-refractivity contribution in [2.75, 3.05) is 7.11 Å². The van der Waals surface area contributed by atoms with E-state index in [0.717, 1.165) is 11.1 Å². The zero-order chi connectivity index (χ0) is 14.5. The summed E-state index contributed by atoms with van der Waals surface area (Å²) in [5.74, 6) is 1.31. The number of hydrogen-bond donors (Lipinski definition) is 1. The zero-order valence-electron chi connectivity index (χ0n) is 12.1. The van der Waals surface area contributed by atoms with Gasteiger partial charge in [-0.2, -0.15) is 0 Å². The number of benzene rings is 2. The number of aliphatic hydroxyl groups is 1. The van der Waals surface area contributed by atoms with Gasteiger partial charge in [0.1, 0.15) is 6.61 Å². The number of ether oxygens (including phenoxy) is 2. The molecule has 0 radical (unpaired) electrons. The Bertz CT molecular complexity index is 559. The summed E-state index contributed by atoms with van der Waals surface area (Å²) in [7, 11) is 1.60. The first kappa shape index (κ1) is 14.4. The summed E-state index contributed by atoms with van der Waals surface area (Å²) in [6, 6.07) is 13.7. The van der Waals surface area contributed by atoms with E-state index in [1.165, 1.54) is 5.56 Å². The molecule has 20 heavy (non-hydrogen) atoms. The van der Waals surface area contributed by atoms with Crippen molar-refractivity contribution in [1.82, 2.24) is 0 Å². The molecule has 0 aliphatic carbocycles. The Balaban J connectivity index is 2.10. The Labute approximate surface area is 119 Å². The lowest BCUT2D eigenvalue weighted by molar-refractivity contribution is 0.198. The van der Waals surface area contributed by atoms with Crippen LogP contribution in [0.4, 0.5) is 0 Å². The predicted molar refractivity (Wildman–Crippen MR) is 79.1 cm³/mol. The second-order valence-corrected chi connectivity index (χ2v) is 4.86. The van der Waals surface area contributed by atoms with Gasteiger partial charge < -0.3 is 14.6 Å². The van der Waals surface area contributed by atoms with Crippen molar-refractivity contribution in [3.05, 3.63) is 59.2 Å². The van der Waals surface area contributed by atoms with Crippen LogP contribution in [0, 0.1) is 6.92 Å². The first-order valence-electron chi connectivity index (χ1n) is 6.64. The maximum Gasteiger partial charge on any atom is 0.161 e. The van der Waals surface area contributed by atoms with Crippen LogP contribution in [-0.4, -0.2) is 12.2 Å². The van der Waals surface area contributed by atoms with E-state index in [9.17, 15) is 5.11 Å². The molecule has 3 heteroatoms. The number of aryl methyl sites for hydroxylation is 1. The third-order valence-electron chi connectivity index (χ3n) is 3.19. The lowest BCUT2D eigenvalue weighted by Gasteiger charge is -2.13. The van der Waals surface area contributed by atoms with E-state index >= 15 is 0 Å². The number of rotatable bonds is 5. The molecule has 0 bridgehead atoms. The van der Waals surface area contributed by atoms with Crippen molar-refractivity contribution in [1.29, 1.82) is 0 Å². The Morgan fingerprint density at radius 1 is 1.05 bits per heavy atom. The molecule has 2 aromatic carbocycles. The molecule has 0 amide bonds. The fraction of sp³-hybridized carbons (Fsp3) is 0.294. The van der Waals surface area contributed by atoms with E-state index in [2.05, 4.69) is 19.1 Å². The molecule has 2 rings (SSSR count). The van der Waals surface area contributed by atoms with E-state index in [0.29, 0.717) is 18.1 Å². The van der Waals surface area contributed by atoms with Crippen LogP contribution in [0.25, 0.3) is 0 Å². The molecule has 0 aromatic heterocycles. The molecule has 0 saturated heterocycles. The van der Waals surface area contributed by atoms with Crippen LogP contribution in [0.3, 0.4) is 0 Å². The summed E-state index contributed by atoms with van der Waals surface area (Å²) in [6.45, 7) is 4.27. The molecule has 1 unspecified atom stereocenters. The Hall–Kier alpha value is -2.00. The first-order valence-corrected chi connectivity index (χ1v) is 6.64. The van der Waals surface area contributed by atoms with Crippen molar-refractivity contribution in [3.8, 4) is 11.5 Å². The summed E-state index contributed by atoms with van der Waals surface area (Å²) < 4.78 is 11.1. The molecule has 1 N–H and O–H groups in total. The predicted octanol–water partition coefficient (Wildman–Crippen LogP) is 3.64. The van der Waals surface area contributed by atoms with E-state index in [-0.39, 0.29) is 0 Å². The van der Waals surface area contributed by atoms with E-state index in [1.807, 2.05) is 24.3 Å². The van der Waals surface area contributed by atoms with Gasteiger partial charge in [0.05, 0.1) is 13.2 Å². The Morgan fingerprint density at radius 3 is 2.35 bits per heavy atom. The molecule has 0 aliphatic rings. The topological polar surface area (TPSA) is 38.7 Å². The molecule has 0 saturated carbocycles. The van der Waals surface area contributed by atoms with Crippen LogP contribution in [-0.2, 0) is 6.61 Å². The molecule has 0 heterocycles. The van der Waals surface area contributed by atoms with Gasteiger partial charge in [-0.3, -0.25) is 0 Å². The normalized spacial score (nSPS) is 12.0. The van der Waals surface area contributed by atoms with Gasteiger partial charge in [0.15, 0.2) is 11.5 Å². The lowest BCUT2D eigenvalue weighted by Crippen LogP contribution is -1.99. The van der Waals surface area contributed by atoms with Gasteiger partial charge in [-0.1, -0.05) is 35.9 Å². The Kier molecular flexibility index (Phi) is 4.64. The van der Waals surface area contributed by atoms with E-state index in [4.69, 9.17) is 9.47 Å². The van der Waals surface area contributed by atoms with Gasteiger partial charge in [-0.25, -0.2) is 0 Å². The van der Waals surface area contributed by atoms with Gasteiger partial charge >= 0.3 is 0 Å². The number of aliphatic hydroxyl groups excluding tert-OH is 1. The molecule has 0 aliphatic heterocycles. The fourth-order valence-electron chi connectivity index (χ4n) is 1.91. The van der Waals surface area contributed by atoms with Gasteiger partial charge in [0, 0.05) is 0 Å². The van der Waals surface area contributed by atoms with Gasteiger partial charge in [0.25, 0.3) is 0 Å². The second kappa shape index (κ2) is 6.44. The van der Waals surface area contributed by atoms with Crippen LogP contribution >= 0.6 is 0 Å². The SMILES string of the molecule is COc1cc(C(C)O)ccc1OCc1ccc(C)cc1. The van der Waals surface area contributed by atoms with Crippen molar-refractivity contribution in [3.63, 3.8) is 0 Å². The summed E-state index contributed by atoms with van der Waals surface area (Å²) >= 11 is 0. The fourth-order valence-corrected chi connectivity index (χ4v) is 1.91. The molecule has 106 valence electrons. The summed E-state index contributed by atoms with van der Waals surface area (Å²) in [5, 5.41) is 9.57. The quantitative estimate of drug-likeness (QED) is 0.903. The highest BCUT2D eigenvalue weighted by molar-refractivity contribution is 5.43. The molecular weight excluding hydrogens is 252 g/mol. The van der Waals surface area contributed by atoms with E-state index in [1.54, 1.807) is 20.1 Å². The number of methoxy groups -OCH3 is 1. The minimum absolute atomic E-state index is 0.491. The zero-order valence-corrected chi connectivity index (χ0v) is 12.1. The molecule has 0 fully saturated rings. The highest BCUT2D eigenvalue weighted by atomic mass is 16.5. The van der Waals surface area contributed by atoms with Crippen molar-refractivity contribution in [2.24, 2.45) is 0 Å². The molecule has 2 aromatic rings. The summed E-state index contributed by atoms with van der Waals surface area (Å²) in [4.78, 5) is 0. The number of hydrogen-bond acceptors (Lipinski definition) is 3. The van der Waals surface area contributed by atoms with Gasteiger partial charge in [-0.15, -0.1) is 0 Å². The average Bonchev–Trinajstić information content (AvgIpc) is 2.46. The highest BCUT2D eigenvalue weighted by Gasteiger charge is 2.08. The minimum Gasteiger partial charge on any atom is -0.493 e. The van der Waals surface area contributed by atoms with Gasteiger partial charge in [0.2, 0.25) is 0 Å². The monoisotopic (exact) mass is 272 g/mol. The van der Waals surface area contributed by atoms with Crippen molar-refractivity contribution < 1.29 is 14.6 Å². The minimum atomic E-state index is -0.518. The summed E-state index contributed by atoms with van der Waals surface area (Å²) in [5.41, 5.74) is 3.15. The van der Waals surface area contributed by atoms with Crippen molar-refractivity contribution >= 4 is 0 Å².